The standard InChI is InChI=1S/C19H27N5O2S2/c1-15-5-3-4-10-24(15)18-8-7-17(20-21-18)22-11-13-23(14-12-22)28(25,26)19-9-6-16(2)27-19/h6-9,15H,3-5,10-14H2,1-2H3. The maximum absolute atomic E-state index is 12.8. The number of piperazine rings is 1. The summed E-state index contributed by atoms with van der Waals surface area (Å²) >= 11 is 1.33. The third-order valence-electron chi connectivity index (χ3n) is 5.61. The largest absolute Gasteiger partial charge is 0.352 e. The predicted octanol–water partition coefficient (Wildman–Crippen LogP) is 2.74. The van der Waals surface area contributed by atoms with Gasteiger partial charge >= 0.3 is 0 Å². The summed E-state index contributed by atoms with van der Waals surface area (Å²) in [5.74, 6) is 1.75. The molecule has 4 rings (SSSR count). The highest BCUT2D eigenvalue weighted by atomic mass is 32.2. The first-order valence-corrected chi connectivity index (χ1v) is 12.1. The summed E-state index contributed by atoms with van der Waals surface area (Å²) in [5.41, 5.74) is 0. The predicted molar refractivity (Wildman–Crippen MR) is 113 cm³/mol. The first-order chi connectivity index (χ1) is 13.4. The Morgan fingerprint density at radius 2 is 1.68 bits per heavy atom. The highest BCUT2D eigenvalue weighted by Crippen LogP contribution is 2.27. The van der Waals surface area contributed by atoms with Gasteiger partial charge < -0.3 is 9.80 Å². The summed E-state index contributed by atoms with van der Waals surface area (Å²) in [7, 11) is -3.39. The van der Waals surface area contributed by atoms with Crippen molar-refractivity contribution in [1.82, 2.24) is 14.5 Å². The van der Waals surface area contributed by atoms with Crippen LogP contribution in [-0.4, -0.2) is 61.7 Å². The molecule has 2 aromatic heterocycles. The van der Waals surface area contributed by atoms with Gasteiger partial charge in [0.15, 0.2) is 11.6 Å². The second-order valence-corrected chi connectivity index (χ2v) is 11.0. The van der Waals surface area contributed by atoms with E-state index < -0.39 is 10.0 Å². The number of hydrogen-bond donors (Lipinski definition) is 0. The molecule has 0 saturated carbocycles. The Hall–Kier alpha value is -1.71. The van der Waals surface area contributed by atoms with Crippen molar-refractivity contribution in [3.05, 3.63) is 29.1 Å². The lowest BCUT2D eigenvalue weighted by Gasteiger charge is -2.35. The van der Waals surface area contributed by atoms with Crippen molar-refractivity contribution in [1.29, 1.82) is 0 Å². The van der Waals surface area contributed by atoms with Crippen molar-refractivity contribution >= 4 is 33.0 Å². The first kappa shape index (κ1) is 19.6. The van der Waals surface area contributed by atoms with Gasteiger partial charge in [-0.15, -0.1) is 21.5 Å². The van der Waals surface area contributed by atoms with E-state index in [1.807, 2.05) is 25.1 Å². The fourth-order valence-electron chi connectivity index (χ4n) is 3.91. The van der Waals surface area contributed by atoms with Gasteiger partial charge in [0.25, 0.3) is 10.0 Å². The molecule has 2 saturated heterocycles. The third kappa shape index (κ3) is 3.88. The van der Waals surface area contributed by atoms with Crippen LogP contribution >= 0.6 is 11.3 Å². The number of hydrogen-bond acceptors (Lipinski definition) is 7. The van der Waals surface area contributed by atoms with Crippen LogP contribution in [0, 0.1) is 6.92 Å². The molecule has 28 heavy (non-hydrogen) atoms. The molecule has 0 aliphatic carbocycles. The molecule has 7 nitrogen and oxygen atoms in total. The average molecular weight is 422 g/mol. The van der Waals surface area contributed by atoms with Crippen LogP contribution in [0.4, 0.5) is 11.6 Å². The summed E-state index contributed by atoms with van der Waals surface area (Å²) in [6.07, 6.45) is 3.68. The summed E-state index contributed by atoms with van der Waals surface area (Å²) in [6.45, 7) is 7.37. The Labute approximate surface area is 171 Å². The molecule has 4 heterocycles. The zero-order valence-corrected chi connectivity index (χ0v) is 18.0. The summed E-state index contributed by atoms with van der Waals surface area (Å²) in [5, 5.41) is 8.88. The number of piperidine rings is 1. The quantitative estimate of drug-likeness (QED) is 0.756. The van der Waals surface area contributed by atoms with E-state index in [9.17, 15) is 8.42 Å². The number of thiophene rings is 1. The highest BCUT2D eigenvalue weighted by molar-refractivity contribution is 7.91. The van der Waals surface area contributed by atoms with Crippen LogP contribution < -0.4 is 9.80 Å². The fraction of sp³-hybridized carbons (Fsp3) is 0.579. The molecular weight excluding hydrogens is 394 g/mol. The molecule has 2 aliphatic rings. The molecule has 0 N–H and O–H groups in total. The summed E-state index contributed by atoms with van der Waals surface area (Å²) in [6, 6.07) is 8.11. The van der Waals surface area contributed by atoms with E-state index >= 15 is 0 Å². The molecule has 9 heteroatoms. The summed E-state index contributed by atoms with van der Waals surface area (Å²) < 4.78 is 27.6. The fourth-order valence-corrected chi connectivity index (χ4v) is 6.77. The van der Waals surface area contributed by atoms with Crippen molar-refractivity contribution in [2.24, 2.45) is 0 Å². The second kappa shape index (κ2) is 7.96. The minimum absolute atomic E-state index is 0.429. The van der Waals surface area contributed by atoms with E-state index in [0.717, 1.165) is 23.1 Å². The average Bonchev–Trinajstić information content (AvgIpc) is 3.16. The molecule has 0 amide bonds. The Balaban J connectivity index is 1.40. The maximum Gasteiger partial charge on any atom is 0.252 e. The summed E-state index contributed by atoms with van der Waals surface area (Å²) in [4.78, 5) is 5.45. The van der Waals surface area contributed by atoms with Gasteiger partial charge in [0, 0.05) is 43.6 Å². The Kier molecular flexibility index (Phi) is 5.57. The van der Waals surface area contributed by atoms with Gasteiger partial charge in [0.05, 0.1) is 0 Å². The van der Waals surface area contributed by atoms with Crippen LogP contribution in [0.2, 0.25) is 0 Å². The molecule has 2 fully saturated rings. The number of rotatable bonds is 4. The van der Waals surface area contributed by atoms with Gasteiger partial charge in [-0.3, -0.25) is 0 Å². The van der Waals surface area contributed by atoms with Crippen molar-refractivity contribution in [2.75, 3.05) is 42.5 Å². The minimum Gasteiger partial charge on any atom is -0.352 e. The molecule has 0 aromatic carbocycles. The van der Waals surface area contributed by atoms with Crippen molar-refractivity contribution in [3.8, 4) is 0 Å². The van der Waals surface area contributed by atoms with E-state index in [0.29, 0.717) is 36.4 Å². The highest BCUT2D eigenvalue weighted by Gasteiger charge is 2.30. The van der Waals surface area contributed by atoms with E-state index in [1.165, 1.54) is 30.6 Å². The lowest BCUT2D eigenvalue weighted by atomic mass is 10.0. The Morgan fingerprint density at radius 1 is 0.964 bits per heavy atom. The van der Waals surface area contributed by atoms with Crippen LogP contribution in [0.1, 0.15) is 31.1 Å². The molecule has 152 valence electrons. The van der Waals surface area contributed by atoms with Crippen LogP contribution in [0.25, 0.3) is 0 Å². The number of sulfonamides is 1. The van der Waals surface area contributed by atoms with Crippen LogP contribution in [0.5, 0.6) is 0 Å². The SMILES string of the molecule is Cc1ccc(S(=O)(=O)N2CCN(c3ccc(N4CCCCC4C)nn3)CC2)s1. The molecule has 1 atom stereocenters. The van der Waals surface area contributed by atoms with Gasteiger partial charge in [-0.25, -0.2) is 8.42 Å². The molecule has 2 aromatic rings. The zero-order chi connectivity index (χ0) is 19.7. The van der Waals surface area contributed by atoms with E-state index in [1.54, 1.807) is 10.4 Å². The first-order valence-electron chi connectivity index (χ1n) is 9.87. The monoisotopic (exact) mass is 421 g/mol. The molecule has 0 radical (unpaired) electrons. The van der Waals surface area contributed by atoms with Gasteiger partial charge in [0.1, 0.15) is 4.21 Å². The molecule has 0 bridgehead atoms. The molecular formula is C19H27N5O2S2. The normalized spacial score (nSPS) is 21.9. The van der Waals surface area contributed by atoms with E-state index in [2.05, 4.69) is 26.9 Å². The number of aryl methyl sites for hydroxylation is 1. The van der Waals surface area contributed by atoms with Gasteiger partial charge in [-0.2, -0.15) is 4.31 Å². The van der Waals surface area contributed by atoms with Gasteiger partial charge in [-0.1, -0.05) is 0 Å². The second-order valence-electron chi connectivity index (χ2n) is 7.54. The van der Waals surface area contributed by atoms with Gasteiger partial charge in [-0.05, 0) is 57.4 Å². The lowest BCUT2D eigenvalue weighted by molar-refractivity contribution is 0.384. The van der Waals surface area contributed by atoms with Crippen LogP contribution in [0.15, 0.2) is 28.5 Å². The number of aromatic nitrogens is 2. The topological polar surface area (TPSA) is 69.6 Å². The molecule has 0 spiro atoms. The lowest BCUT2D eigenvalue weighted by Crippen LogP contribution is -2.48. The van der Waals surface area contributed by atoms with Gasteiger partial charge in [0.2, 0.25) is 0 Å². The van der Waals surface area contributed by atoms with Crippen molar-refractivity contribution in [3.63, 3.8) is 0 Å². The number of anilines is 2. The van der Waals surface area contributed by atoms with Crippen molar-refractivity contribution in [2.45, 2.75) is 43.4 Å². The van der Waals surface area contributed by atoms with Crippen molar-refractivity contribution < 1.29 is 8.42 Å². The minimum atomic E-state index is -3.39. The Morgan fingerprint density at radius 3 is 2.29 bits per heavy atom. The third-order valence-corrected chi connectivity index (χ3v) is 8.97. The Bertz CT molecular complexity index is 905. The van der Waals surface area contributed by atoms with E-state index in [-0.39, 0.29) is 0 Å². The number of nitrogens with zero attached hydrogens (tertiary/aromatic N) is 5. The van der Waals surface area contributed by atoms with Crippen LogP contribution in [0.3, 0.4) is 0 Å². The smallest absolute Gasteiger partial charge is 0.252 e. The van der Waals surface area contributed by atoms with E-state index in [4.69, 9.17) is 0 Å². The zero-order valence-electron chi connectivity index (χ0n) is 16.4. The maximum atomic E-state index is 12.8. The molecule has 2 aliphatic heterocycles. The van der Waals surface area contributed by atoms with Crippen LogP contribution in [-0.2, 0) is 10.0 Å². The molecule has 1 unspecified atom stereocenters.